The van der Waals surface area contributed by atoms with Gasteiger partial charge in [-0.05, 0) is 12.1 Å². The van der Waals surface area contributed by atoms with Gasteiger partial charge in [0, 0.05) is 5.69 Å². The molecule has 9 heavy (non-hydrogen) atoms. The van der Waals surface area contributed by atoms with E-state index in [0.717, 1.165) is 0 Å². The fraction of sp³-hybridized carbons (Fsp3) is 0. The number of nitrogens with two attached hydrogens (primary N) is 1. The van der Waals surface area contributed by atoms with Gasteiger partial charge in [0.2, 0.25) is 0 Å². The molecule has 0 spiro atoms. The van der Waals surface area contributed by atoms with Crippen LogP contribution in [0.5, 0.6) is 0 Å². The van der Waals surface area contributed by atoms with Gasteiger partial charge in [-0.25, -0.2) is 4.85 Å². The Hall–Kier alpha value is -1.49. The van der Waals surface area contributed by atoms with Crippen LogP contribution in [0.4, 0.5) is 11.4 Å². The fourth-order valence-electron chi connectivity index (χ4n) is 0.594. The van der Waals surface area contributed by atoms with Crippen LogP contribution in [-0.2, 0) is 0 Å². The zero-order valence-electron chi connectivity index (χ0n) is 4.83. The second-order valence-electron chi connectivity index (χ2n) is 1.71. The zero-order chi connectivity index (χ0) is 6.69. The summed E-state index contributed by atoms with van der Waals surface area (Å²) < 4.78 is 0. The lowest BCUT2D eigenvalue weighted by atomic mass is 10.3. The van der Waals surface area contributed by atoms with E-state index in [4.69, 9.17) is 12.3 Å². The molecule has 2 heteroatoms. The van der Waals surface area contributed by atoms with Crippen molar-refractivity contribution in [3.63, 3.8) is 0 Å². The van der Waals surface area contributed by atoms with Crippen molar-refractivity contribution in [1.82, 2.24) is 0 Å². The van der Waals surface area contributed by atoms with Crippen LogP contribution < -0.4 is 5.73 Å². The highest BCUT2D eigenvalue weighted by molar-refractivity contribution is 5.54. The lowest BCUT2D eigenvalue weighted by molar-refractivity contribution is 1.69. The molecule has 2 N–H and O–H groups in total. The second-order valence-corrected chi connectivity index (χ2v) is 1.71. The molecule has 1 rings (SSSR count). The van der Waals surface area contributed by atoms with E-state index < -0.39 is 0 Å². The van der Waals surface area contributed by atoms with Crippen LogP contribution in [0.15, 0.2) is 24.3 Å². The summed E-state index contributed by atoms with van der Waals surface area (Å²) in [4.78, 5) is 3.20. The molecule has 0 aliphatic rings. The number of benzene rings is 1. The normalized spacial score (nSPS) is 8.33. The molecule has 0 aliphatic heterocycles. The van der Waals surface area contributed by atoms with E-state index >= 15 is 0 Å². The van der Waals surface area contributed by atoms with E-state index in [2.05, 4.69) is 4.85 Å². The van der Waals surface area contributed by atoms with Gasteiger partial charge >= 0.3 is 0 Å². The number of nitrogens with zero attached hydrogens (tertiary/aromatic N) is 1. The van der Waals surface area contributed by atoms with Crippen LogP contribution in [0, 0.1) is 6.57 Å². The molecule has 0 atom stereocenters. The minimum Gasteiger partial charge on any atom is -0.400 e. The van der Waals surface area contributed by atoms with Gasteiger partial charge < -0.3 is 5.73 Å². The summed E-state index contributed by atoms with van der Waals surface area (Å²) in [7, 11) is 0. The first-order chi connectivity index (χ1) is 4.33. The highest BCUT2D eigenvalue weighted by Gasteiger charge is 1.86. The summed E-state index contributed by atoms with van der Waals surface area (Å²) in [6.07, 6.45) is 0. The average Bonchev–Trinajstić information content (AvgIpc) is 1.88. The average molecular weight is 118 g/mol. The monoisotopic (exact) mass is 118 g/mol. The molecule has 0 radical (unpaired) electrons. The van der Waals surface area contributed by atoms with Crippen LogP contribution in [0.1, 0.15) is 0 Å². The van der Waals surface area contributed by atoms with Gasteiger partial charge in [-0.1, -0.05) is 12.1 Å². The van der Waals surface area contributed by atoms with Gasteiger partial charge in [-0.3, -0.25) is 0 Å². The number of rotatable bonds is 0. The molecule has 1 aromatic carbocycles. The molecule has 0 aliphatic carbocycles. The Morgan fingerprint density at radius 1 is 1.44 bits per heavy atom. The zero-order valence-corrected chi connectivity index (χ0v) is 4.83. The van der Waals surface area contributed by atoms with E-state index in [9.17, 15) is 0 Å². The number of hydrogen-bond acceptors (Lipinski definition) is 1. The summed E-state index contributed by atoms with van der Waals surface area (Å²) in [6.45, 7) is 6.61. The molecule has 0 heterocycles. The van der Waals surface area contributed by atoms with E-state index in [1.54, 1.807) is 24.3 Å². The van der Waals surface area contributed by atoms with E-state index in [1.165, 1.54) is 0 Å². The van der Waals surface area contributed by atoms with Gasteiger partial charge in [-0.2, -0.15) is 0 Å². The van der Waals surface area contributed by atoms with Gasteiger partial charge in [-0.15, -0.1) is 0 Å². The van der Waals surface area contributed by atoms with Crippen molar-refractivity contribution in [3.8, 4) is 0 Å². The molecule has 0 saturated heterocycles. The van der Waals surface area contributed by atoms with Crippen molar-refractivity contribution in [3.05, 3.63) is 35.7 Å². The van der Waals surface area contributed by atoms with Crippen molar-refractivity contribution >= 4 is 11.4 Å². The summed E-state index contributed by atoms with van der Waals surface area (Å²) in [6, 6.07) is 6.90. The third kappa shape index (κ3) is 1.20. The molecule has 0 bridgehead atoms. The highest BCUT2D eigenvalue weighted by atomic mass is 14.6. The van der Waals surface area contributed by atoms with Crippen LogP contribution in [-0.4, -0.2) is 0 Å². The number of anilines is 1. The molecule has 44 valence electrons. The van der Waals surface area contributed by atoms with Crippen LogP contribution >= 0.6 is 0 Å². The minimum absolute atomic E-state index is 0.593. The number of hydrogen-bond donors (Lipinski definition) is 1. The Morgan fingerprint density at radius 2 is 2.22 bits per heavy atom. The van der Waals surface area contributed by atoms with E-state index in [0.29, 0.717) is 11.4 Å². The van der Waals surface area contributed by atoms with Crippen molar-refractivity contribution in [1.29, 1.82) is 0 Å². The van der Waals surface area contributed by atoms with Gasteiger partial charge in [0.15, 0.2) is 5.69 Å². The summed E-state index contributed by atoms with van der Waals surface area (Å²) >= 11 is 0. The molecule has 0 amide bonds. The van der Waals surface area contributed by atoms with Crippen molar-refractivity contribution in [2.24, 2.45) is 0 Å². The van der Waals surface area contributed by atoms with Gasteiger partial charge in [0.1, 0.15) is 0 Å². The second kappa shape index (κ2) is 2.19. The highest BCUT2D eigenvalue weighted by Crippen LogP contribution is 2.13. The quantitative estimate of drug-likeness (QED) is 0.408. The maximum absolute atomic E-state index is 6.61. The molecular formula is C7H6N2. The van der Waals surface area contributed by atoms with Gasteiger partial charge in [0.25, 0.3) is 0 Å². The Kier molecular flexibility index (Phi) is 1.37. The fourth-order valence-corrected chi connectivity index (χ4v) is 0.594. The summed E-state index contributed by atoms with van der Waals surface area (Å²) in [5.41, 5.74) is 6.63. The summed E-state index contributed by atoms with van der Waals surface area (Å²) in [5.74, 6) is 0. The predicted octanol–water partition coefficient (Wildman–Crippen LogP) is 1.82. The first-order valence-corrected chi connectivity index (χ1v) is 2.56. The predicted molar refractivity (Wildman–Crippen MR) is 37.1 cm³/mol. The third-order valence-electron chi connectivity index (χ3n) is 0.999. The SMILES string of the molecule is [C-]#[N+]c1cccc(N)c1. The lowest BCUT2D eigenvalue weighted by Crippen LogP contribution is -1.80. The number of nitrogen functional groups attached to an aromatic ring is 1. The Morgan fingerprint density at radius 3 is 2.67 bits per heavy atom. The smallest absolute Gasteiger partial charge is 0.189 e. The minimum atomic E-state index is 0.593. The van der Waals surface area contributed by atoms with Crippen molar-refractivity contribution < 1.29 is 0 Å². The summed E-state index contributed by atoms with van der Waals surface area (Å²) in [5, 5.41) is 0. The maximum Gasteiger partial charge on any atom is 0.189 e. The Balaban J connectivity index is 3.12. The lowest BCUT2D eigenvalue weighted by Gasteiger charge is -1.89. The Bertz CT molecular complexity index is 247. The van der Waals surface area contributed by atoms with Crippen molar-refractivity contribution in [2.75, 3.05) is 5.73 Å². The van der Waals surface area contributed by atoms with Crippen LogP contribution in [0.25, 0.3) is 4.85 Å². The molecule has 0 fully saturated rings. The molecular weight excluding hydrogens is 112 g/mol. The maximum atomic E-state index is 6.61. The van der Waals surface area contributed by atoms with Crippen LogP contribution in [0.3, 0.4) is 0 Å². The van der Waals surface area contributed by atoms with Crippen LogP contribution in [0.2, 0.25) is 0 Å². The van der Waals surface area contributed by atoms with E-state index in [-0.39, 0.29) is 0 Å². The standard InChI is InChI=1S/C7H6N2/c1-9-7-4-2-3-6(8)5-7/h2-5H,8H2. The first kappa shape index (κ1) is 5.64. The topological polar surface area (TPSA) is 30.4 Å². The third-order valence-corrected chi connectivity index (χ3v) is 0.999. The molecule has 0 unspecified atom stereocenters. The first-order valence-electron chi connectivity index (χ1n) is 2.56. The molecule has 0 aromatic heterocycles. The molecule has 0 saturated carbocycles. The Labute approximate surface area is 53.7 Å². The van der Waals surface area contributed by atoms with Crippen molar-refractivity contribution in [2.45, 2.75) is 0 Å². The van der Waals surface area contributed by atoms with Gasteiger partial charge in [0.05, 0.1) is 6.57 Å². The largest absolute Gasteiger partial charge is 0.400 e. The van der Waals surface area contributed by atoms with E-state index in [1.807, 2.05) is 0 Å². The molecule has 2 nitrogen and oxygen atoms in total. The molecule has 1 aromatic rings.